The van der Waals surface area contributed by atoms with Crippen molar-refractivity contribution in [3.8, 4) is 11.5 Å². The second-order valence-corrected chi connectivity index (χ2v) is 7.16. The molecule has 3 rings (SSSR count). The maximum absolute atomic E-state index is 13.1. The average molecular weight is 425 g/mol. The molecule has 2 aromatic rings. The van der Waals surface area contributed by atoms with Crippen molar-refractivity contribution in [2.45, 2.75) is 13.5 Å². The minimum atomic E-state index is -3.05. The number of hydrogen-bond acceptors (Lipinski definition) is 5. The van der Waals surface area contributed by atoms with Crippen LogP contribution in [-0.4, -0.2) is 23.4 Å². The Labute approximate surface area is 168 Å². The highest BCUT2D eigenvalue weighted by Gasteiger charge is 2.33. The first-order chi connectivity index (χ1) is 13.4. The number of benzene rings is 2. The van der Waals surface area contributed by atoms with Crippen LogP contribution in [0.3, 0.4) is 0 Å². The third kappa shape index (κ3) is 4.31. The Morgan fingerprint density at radius 2 is 1.93 bits per heavy atom. The van der Waals surface area contributed by atoms with E-state index in [-0.39, 0.29) is 32.9 Å². The van der Waals surface area contributed by atoms with Crippen molar-refractivity contribution in [1.29, 1.82) is 0 Å². The van der Waals surface area contributed by atoms with Crippen LogP contribution in [0.15, 0.2) is 47.4 Å². The number of carbonyl (C=O) groups is 1. The fraction of sp³-hybridized carbons (Fsp3) is 0.158. The molecular weight excluding hydrogens is 411 g/mol. The van der Waals surface area contributed by atoms with Gasteiger partial charge in [-0.05, 0) is 43.3 Å². The molecule has 1 saturated heterocycles. The lowest BCUT2D eigenvalue weighted by Gasteiger charge is -2.14. The van der Waals surface area contributed by atoms with E-state index in [2.05, 4.69) is 4.74 Å². The van der Waals surface area contributed by atoms with Gasteiger partial charge in [0.1, 0.15) is 5.82 Å². The van der Waals surface area contributed by atoms with Gasteiger partial charge in [-0.2, -0.15) is 8.78 Å². The summed E-state index contributed by atoms with van der Waals surface area (Å²) in [5.41, 5.74) is 0.672. The summed E-state index contributed by atoms with van der Waals surface area (Å²) in [5, 5.41) is 0. The number of para-hydroxylation sites is 1. The molecule has 0 N–H and O–H groups in total. The van der Waals surface area contributed by atoms with Crippen molar-refractivity contribution >= 4 is 46.0 Å². The van der Waals surface area contributed by atoms with E-state index in [1.165, 1.54) is 47.4 Å². The van der Waals surface area contributed by atoms with E-state index in [1.54, 1.807) is 13.0 Å². The molecule has 1 aliphatic rings. The van der Waals surface area contributed by atoms with Gasteiger partial charge in [-0.3, -0.25) is 9.69 Å². The van der Waals surface area contributed by atoms with Crippen LogP contribution in [0, 0.1) is 5.82 Å². The van der Waals surface area contributed by atoms with Gasteiger partial charge in [0.2, 0.25) is 0 Å². The Morgan fingerprint density at radius 1 is 1.21 bits per heavy atom. The van der Waals surface area contributed by atoms with Gasteiger partial charge in [0.15, 0.2) is 15.8 Å². The summed E-state index contributed by atoms with van der Waals surface area (Å²) in [6.45, 7) is -1.08. The molecule has 4 nitrogen and oxygen atoms in total. The molecule has 0 aromatic heterocycles. The van der Waals surface area contributed by atoms with E-state index in [1.807, 2.05) is 0 Å². The lowest BCUT2D eigenvalue weighted by Crippen LogP contribution is -2.27. The maximum atomic E-state index is 13.1. The number of anilines is 1. The lowest BCUT2D eigenvalue weighted by atomic mass is 10.1. The summed E-state index contributed by atoms with van der Waals surface area (Å²) in [7, 11) is 0. The topological polar surface area (TPSA) is 38.8 Å². The van der Waals surface area contributed by atoms with Crippen LogP contribution >= 0.6 is 24.0 Å². The molecule has 1 aliphatic heterocycles. The maximum Gasteiger partial charge on any atom is 0.387 e. The van der Waals surface area contributed by atoms with Crippen LogP contribution < -0.4 is 14.4 Å². The standard InChI is InChI=1S/C19H14F3NO3S2/c1-2-25-14-5-3-4-11(16(14)26-18(21)22)10-15-17(24)23(19(27)28-15)13-8-6-12(20)7-9-13/h3-10,18H,2H2,1H3/b15-10-. The van der Waals surface area contributed by atoms with Crippen LogP contribution in [-0.2, 0) is 4.79 Å². The highest BCUT2D eigenvalue weighted by atomic mass is 32.2. The molecule has 1 fully saturated rings. The van der Waals surface area contributed by atoms with Crippen molar-refractivity contribution in [3.63, 3.8) is 0 Å². The molecule has 0 unspecified atom stereocenters. The summed E-state index contributed by atoms with van der Waals surface area (Å²) in [4.78, 5) is 14.3. The van der Waals surface area contributed by atoms with E-state index in [0.717, 1.165) is 11.8 Å². The number of thioether (sulfide) groups is 1. The normalized spacial score (nSPS) is 15.6. The second kappa shape index (κ2) is 8.66. The zero-order valence-electron chi connectivity index (χ0n) is 14.5. The number of thiocarbonyl (C=S) groups is 1. The molecule has 0 aliphatic carbocycles. The number of ether oxygens (including phenoxy) is 2. The number of amides is 1. The van der Waals surface area contributed by atoms with Crippen molar-refractivity contribution < 1.29 is 27.4 Å². The van der Waals surface area contributed by atoms with Crippen LogP contribution in [0.2, 0.25) is 0 Å². The molecule has 0 radical (unpaired) electrons. The molecule has 0 saturated carbocycles. The second-order valence-electron chi connectivity index (χ2n) is 5.48. The fourth-order valence-electron chi connectivity index (χ4n) is 2.55. The average Bonchev–Trinajstić information content (AvgIpc) is 2.92. The van der Waals surface area contributed by atoms with Gasteiger partial charge < -0.3 is 9.47 Å². The zero-order valence-corrected chi connectivity index (χ0v) is 16.2. The van der Waals surface area contributed by atoms with Crippen molar-refractivity contribution in [2.24, 2.45) is 0 Å². The molecule has 1 heterocycles. The first-order valence-electron chi connectivity index (χ1n) is 8.15. The molecular formula is C19H14F3NO3S2. The van der Waals surface area contributed by atoms with Gasteiger partial charge in [-0.15, -0.1) is 0 Å². The summed E-state index contributed by atoms with van der Waals surface area (Å²) in [6.07, 6.45) is 1.42. The Hall–Kier alpha value is -2.52. The lowest BCUT2D eigenvalue weighted by molar-refractivity contribution is -0.113. The summed E-state index contributed by atoms with van der Waals surface area (Å²) < 4.78 is 49.1. The first kappa shape index (κ1) is 20.2. The number of halogens is 3. The predicted molar refractivity (Wildman–Crippen MR) is 106 cm³/mol. The number of alkyl halides is 2. The zero-order chi connectivity index (χ0) is 20.3. The van der Waals surface area contributed by atoms with Crippen molar-refractivity contribution in [2.75, 3.05) is 11.5 Å². The molecule has 0 atom stereocenters. The highest BCUT2D eigenvalue weighted by Crippen LogP contribution is 2.39. The smallest absolute Gasteiger partial charge is 0.387 e. The Bertz CT molecular complexity index is 933. The van der Waals surface area contributed by atoms with Crippen molar-refractivity contribution in [3.05, 3.63) is 58.8 Å². The SMILES string of the molecule is CCOc1cccc(/C=C2\SC(=S)N(c3ccc(F)cc3)C2=O)c1OC(F)F. The van der Waals surface area contributed by atoms with E-state index in [9.17, 15) is 18.0 Å². The molecule has 28 heavy (non-hydrogen) atoms. The summed E-state index contributed by atoms with van der Waals surface area (Å²) >= 11 is 6.27. The van der Waals surface area contributed by atoms with Gasteiger partial charge in [-0.1, -0.05) is 36.1 Å². The van der Waals surface area contributed by atoms with E-state index in [0.29, 0.717) is 5.69 Å². The number of carbonyl (C=O) groups excluding carboxylic acids is 1. The number of rotatable bonds is 6. The first-order valence-corrected chi connectivity index (χ1v) is 9.37. The molecule has 9 heteroatoms. The molecule has 2 aromatic carbocycles. The largest absolute Gasteiger partial charge is 0.490 e. The van der Waals surface area contributed by atoms with Crippen LogP contribution in [0.4, 0.5) is 18.9 Å². The van der Waals surface area contributed by atoms with E-state index >= 15 is 0 Å². The predicted octanol–water partition coefficient (Wildman–Crippen LogP) is 5.23. The summed E-state index contributed by atoms with van der Waals surface area (Å²) in [5.74, 6) is -0.894. The van der Waals surface area contributed by atoms with Gasteiger partial charge in [-0.25, -0.2) is 4.39 Å². The van der Waals surface area contributed by atoms with Gasteiger partial charge >= 0.3 is 6.61 Å². The molecule has 0 bridgehead atoms. The monoisotopic (exact) mass is 425 g/mol. The number of nitrogens with zero attached hydrogens (tertiary/aromatic N) is 1. The Morgan fingerprint density at radius 3 is 2.57 bits per heavy atom. The van der Waals surface area contributed by atoms with E-state index < -0.39 is 18.3 Å². The van der Waals surface area contributed by atoms with Crippen LogP contribution in [0.1, 0.15) is 12.5 Å². The third-order valence-electron chi connectivity index (χ3n) is 3.68. The van der Waals surface area contributed by atoms with Crippen molar-refractivity contribution in [1.82, 2.24) is 0 Å². The van der Waals surface area contributed by atoms with Gasteiger partial charge in [0.25, 0.3) is 5.91 Å². The summed E-state index contributed by atoms with van der Waals surface area (Å²) in [6, 6.07) is 9.95. The minimum Gasteiger partial charge on any atom is -0.490 e. The quantitative estimate of drug-likeness (QED) is 0.468. The van der Waals surface area contributed by atoms with Gasteiger partial charge in [0, 0.05) is 5.56 Å². The van der Waals surface area contributed by atoms with E-state index in [4.69, 9.17) is 17.0 Å². The number of hydrogen-bond donors (Lipinski definition) is 0. The Kier molecular flexibility index (Phi) is 6.25. The highest BCUT2D eigenvalue weighted by molar-refractivity contribution is 8.27. The fourth-order valence-corrected chi connectivity index (χ4v) is 3.84. The third-order valence-corrected chi connectivity index (χ3v) is 4.98. The van der Waals surface area contributed by atoms with Crippen LogP contribution in [0.5, 0.6) is 11.5 Å². The van der Waals surface area contributed by atoms with Crippen LogP contribution in [0.25, 0.3) is 6.08 Å². The molecule has 0 spiro atoms. The Balaban J connectivity index is 1.97. The minimum absolute atomic E-state index is 0.144. The van der Waals surface area contributed by atoms with Gasteiger partial charge in [0.05, 0.1) is 17.2 Å². The molecule has 146 valence electrons. The molecule has 1 amide bonds.